The van der Waals surface area contributed by atoms with Crippen LogP contribution in [0.5, 0.6) is 0 Å². The molecule has 1 saturated heterocycles. The molecule has 0 spiro atoms. The summed E-state index contributed by atoms with van der Waals surface area (Å²) in [4.78, 5) is 14.3. The van der Waals surface area contributed by atoms with Gasteiger partial charge in [-0.05, 0) is 62.7 Å². The Morgan fingerprint density at radius 3 is 2.47 bits per heavy atom. The largest absolute Gasteiger partial charge is 0.416 e. The Hall–Kier alpha value is -2.96. The van der Waals surface area contributed by atoms with E-state index in [1.54, 1.807) is 0 Å². The molecule has 1 aromatic heterocycles. The summed E-state index contributed by atoms with van der Waals surface area (Å²) < 4.78 is 41.2. The molecule has 7 heteroatoms. The summed E-state index contributed by atoms with van der Waals surface area (Å²) in [5.74, 6) is 0.0522. The zero-order valence-corrected chi connectivity index (χ0v) is 17.1. The number of alkyl halides is 3. The lowest BCUT2D eigenvalue weighted by molar-refractivity contribution is -0.137. The second-order valence-corrected chi connectivity index (χ2v) is 8.20. The first kappa shape index (κ1) is 20.3. The van der Waals surface area contributed by atoms with Gasteiger partial charge in [0.2, 0.25) is 5.91 Å². The molecular weight excluding hydrogens is 391 g/mol. The van der Waals surface area contributed by atoms with Gasteiger partial charge in [-0.2, -0.15) is 13.2 Å². The smallest absolute Gasteiger partial charge is 0.370 e. The number of rotatable bonds is 4. The molecule has 0 aliphatic carbocycles. The van der Waals surface area contributed by atoms with Crippen LogP contribution in [0.1, 0.15) is 25.0 Å². The van der Waals surface area contributed by atoms with Gasteiger partial charge in [0.05, 0.1) is 17.0 Å². The van der Waals surface area contributed by atoms with Gasteiger partial charge in [0, 0.05) is 42.1 Å². The first-order chi connectivity index (χ1) is 14.1. The molecule has 1 aliphatic heterocycles. The summed E-state index contributed by atoms with van der Waals surface area (Å²) in [6.45, 7) is 7.01. The fraction of sp³-hybridized carbons (Fsp3) is 0.348. The highest BCUT2D eigenvalue weighted by Crippen LogP contribution is 2.34. The van der Waals surface area contributed by atoms with Crippen molar-refractivity contribution in [3.63, 3.8) is 0 Å². The predicted octanol–water partition coefficient (Wildman–Crippen LogP) is 4.92. The molecule has 0 radical (unpaired) electrons. The Morgan fingerprint density at radius 2 is 1.80 bits per heavy atom. The number of anilines is 1. The van der Waals surface area contributed by atoms with E-state index in [4.69, 9.17) is 0 Å². The van der Waals surface area contributed by atoms with Crippen LogP contribution in [-0.2, 0) is 11.0 Å². The normalized spacial score (nSPS) is 15.0. The Balaban J connectivity index is 1.59. The third-order valence-corrected chi connectivity index (χ3v) is 5.49. The Labute approximate surface area is 173 Å². The molecule has 158 valence electrons. The average Bonchev–Trinajstić information content (AvgIpc) is 2.96. The van der Waals surface area contributed by atoms with Gasteiger partial charge in [0.25, 0.3) is 0 Å². The fourth-order valence-corrected chi connectivity index (χ4v) is 3.88. The maximum Gasteiger partial charge on any atom is 0.416 e. The first-order valence-corrected chi connectivity index (χ1v) is 9.98. The number of aryl methyl sites for hydroxylation is 1. The van der Waals surface area contributed by atoms with E-state index in [1.807, 2.05) is 55.8 Å². The highest BCUT2D eigenvalue weighted by molar-refractivity contribution is 5.86. The number of aromatic nitrogens is 1. The lowest BCUT2D eigenvalue weighted by atomic mass is 9.97. The number of nitrogens with zero attached hydrogens (tertiary/aromatic N) is 2. The molecule has 1 aliphatic rings. The molecule has 4 rings (SSSR count). The Bertz CT molecular complexity index is 1090. The van der Waals surface area contributed by atoms with Gasteiger partial charge in [0.1, 0.15) is 0 Å². The molecule has 2 heterocycles. The van der Waals surface area contributed by atoms with Crippen molar-refractivity contribution in [2.45, 2.75) is 33.0 Å². The lowest BCUT2D eigenvalue weighted by Crippen LogP contribution is -2.54. The summed E-state index contributed by atoms with van der Waals surface area (Å²) in [7, 11) is 0. The molecule has 1 amide bonds. The molecule has 1 fully saturated rings. The molecule has 1 N–H and O–H groups in total. The van der Waals surface area contributed by atoms with Gasteiger partial charge in [-0.3, -0.25) is 4.79 Å². The summed E-state index contributed by atoms with van der Waals surface area (Å²) >= 11 is 0. The Morgan fingerprint density at radius 1 is 1.10 bits per heavy atom. The van der Waals surface area contributed by atoms with Crippen LogP contribution in [0, 0.1) is 12.8 Å². The van der Waals surface area contributed by atoms with Crippen LogP contribution >= 0.6 is 0 Å². The summed E-state index contributed by atoms with van der Waals surface area (Å²) in [6, 6.07) is 11.8. The molecule has 0 unspecified atom stereocenters. The average molecular weight is 415 g/mol. The van der Waals surface area contributed by atoms with Crippen LogP contribution in [0.4, 0.5) is 18.9 Å². The van der Waals surface area contributed by atoms with E-state index in [9.17, 15) is 18.0 Å². The minimum Gasteiger partial charge on any atom is -0.370 e. The zero-order chi connectivity index (χ0) is 21.6. The third kappa shape index (κ3) is 3.76. The number of nitrogens with one attached hydrogen (secondary N) is 1. The summed E-state index contributed by atoms with van der Waals surface area (Å²) in [5.41, 5.74) is 2.75. The molecular formula is C23H24F3N3O. The summed E-state index contributed by atoms with van der Waals surface area (Å²) in [5, 5.41) is 3.53. The number of halogens is 3. The van der Waals surface area contributed by atoms with Crippen molar-refractivity contribution in [3.05, 3.63) is 59.8 Å². The quantitative estimate of drug-likeness (QED) is 0.657. The van der Waals surface area contributed by atoms with Crippen LogP contribution in [0.2, 0.25) is 0 Å². The van der Waals surface area contributed by atoms with E-state index in [1.165, 1.54) is 12.1 Å². The van der Waals surface area contributed by atoms with Crippen LogP contribution < -0.4 is 10.2 Å². The maximum atomic E-state index is 13.1. The van der Waals surface area contributed by atoms with Crippen LogP contribution in [-0.4, -0.2) is 29.6 Å². The number of carbonyl (C=O) groups is 1. The highest BCUT2D eigenvalue weighted by Gasteiger charge is 2.33. The lowest BCUT2D eigenvalue weighted by Gasteiger charge is -2.40. The van der Waals surface area contributed by atoms with E-state index in [2.05, 4.69) is 10.2 Å². The number of hydrogen-bond acceptors (Lipinski definition) is 2. The van der Waals surface area contributed by atoms with Gasteiger partial charge in [0.15, 0.2) is 0 Å². The van der Waals surface area contributed by atoms with Crippen molar-refractivity contribution in [1.82, 2.24) is 9.88 Å². The number of hydrogen-bond donors (Lipinski definition) is 1. The Kier molecular flexibility index (Phi) is 5.00. The molecule has 3 aromatic rings. The van der Waals surface area contributed by atoms with Crippen LogP contribution in [0.25, 0.3) is 16.6 Å². The van der Waals surface area contributed by atoms with Crippen molar-refractivity contribution in [2.24, 2.45) is 5.92 Å². The molecule has 0 bridgehead atoms. The summed E-state index contributed by atoms with van der Waals surface area (Å²) in [6.07, 6.45) is -2.50. The van der Waals surface area contributed by atoms with Gasteiger partial charge in [-0.15, -0.1) is 0 Å². The topological polar surface area (TPSA) is 37.3 Å². The van der Waals surface area contributed by atoms with E-state index >= 15 is 0 Å². The van der Waals surface area contributed by atoms with Gasteiger partial charge >= 0.3 is 6.18 Å². The highest BCUT2D eigenvalue weighted by atomic mass is 19.4. The van der Waals surface area contributed by atoms with Crippen molar-refractivity contribution in [1.29, 1.82) is 0 Å². The molecule has 0 atom stereocenters. The van der Waals surface area contributed by atoms with Gasteiger partial charge in [-0.25, -0.2) is 0 Å². The molecule has 30 heavy (non-hydrogen) atoms. The number of amides is 1. The van der Waals surface area contributed by atoms with Gasteiger partial charge < -0.3 is 14.8 Å². The predicted molar refractivity (Wildman–Crippen MR) is 112 cm³/mol. The second kappa shape index (κ2) is 7.38. The second-order valence-electron chi connectivity index (χ2n) is 8.20. The molecule has 4 nitrogen and oxygen atoms in total. The van der Waals surface area contributed by atoms with E-state index < -0.39 is 11.7 Å². The number of carbonyl (C=O) groups excluding carboxylic acids is 1. The fourth-order valence-electron chi connectivity index (χ4n) is 3.88. The minimum absolute atomic E-state index is 0.0218. The van der Waals surface area contributed by atoms with Crippen molar-refractivity contribution in [2.75, 3.05) is 18.0 Å². The third-order valence-electron chi connectivity index (χ3n) is 5.49. The number of fused-ring (bicyclic) bond motifs is 1. The monoisotopic (exact) mass is 415 g/mol. The number of benzene rings is 2. The molecule has 0 saturated carbocycles. The minimum atomic E-state index is -4.36. The zero-order valence-electron chi connectivity index (χ0n) is 17.1. The van der Waals surface area contributed by atoms with E-state index in [0.717, 1.165) is 28.5 Å². The van der Waals surface area contributed by atoms with Crippen molar-refractivity contribution in [3.8, 4) is 5.69 Å². The van der Waals surface area contributed by atoms with Gasteiger partial charge in [-0.1, -0.05) is 6.07 Å². The first-order valence-electron chi connectivity index (χ1n) is 9.98. The maximum absolute atomic E-state index is 13.1. The van der Waals surface area contributed by atoms with Crippen molar-refractivity contribution >= 4 is 22.5 Å². The SMILES string of the molecule is Cc1cn(-c2cccc(N3CC(C(=O)NC(C)C)C3)c2)c2ccc(C(F)(F)F)cc12. The van der Waals surface area contributed by atoms with Crippen LogP contribution in [0.3, 0.4) is 0 Å². The van der Waals surface area contributed by atoms with E-state index in [0.29, 0.717) is 18.5 Å². The standard InChI is InChI=1S/C23H24F3N3O/c1-14(2)27-22(30)16-12-28(13-16)18-5-4-6-19(10-18)29-11-15(3)20-9-17(23(24,25)26)7-8-21(20)29/h4-11,14,16H,12-13H2,1-3H3,(H,27,30). The molecule has 2 aromatic carbocycles. The van der Waals surface area contributed by atoms with Crippen molar-refractivity contribution < 1.29 is 18.0 Å². The van der Waals surface area contributed by atoms with E-state index in [-0.39, 0.29) is 17.9 Å². The van der Waals surface area contributed by atoms with Crippen LogP contribution in [0.15, 0.2) is 48.7 Å².